The molecule has 3 fully saturated rings. The van der Waals surface area contributed by atoms with Gasteiger partial charge < -0.3 is 5.11 Å². The van der Waals surface area contributed by atoms with Crippen LogP contribution in [0.15, 0.2) is 0 Å². The van der Waals surface area contributed by atoms with Crippen molar-refractivity contribution >= 4 is 11.6 Å². The van der Waals surface area contributed by atoms with Gasteiger partial charge in [0.25, 0.3) is 0 Å². The van der Waals surface area contributed by atoms with Gasteiger partial charge in [-0.25, -0.2) is 0 Å². The highest BCUT2D eigenvalue weighted by atomic mass is 16.3. The Kier molecular flexibility index (Phi) is 3.32. The van der Waals surface area contributed by atoms with Crippen molar-refractivity contribution in [2.75, 3.05) is 0 Å². The molecule has 0 aliphatic heterocycles. The van der Waals surface area contributed by atoms with E-state index in [0.717, 1.165) is 19.3 Å². The maximum absolute atomic E-state index is 12.3. The number of aliphatic hydroxyl groups is 1. The summed E-state index contributed by atoms with van der Waals surface area (Å²) >= 11 is 0. The van der Waals surface area contributed by atoms with Gasteiger partial charge in [-0.05, 0) is 38.5 Å². The Morgan fingerprint density at radius 3 is 2.50 bits per heavy atom. The van der Waals surface area contributed by atoms with Gasteiger partial charge in [0.15, 0.2) is 0 Å². The van der Waals surface area contributed by atoms with Crippen LogP contribution in [0.2, 0.25) is 0 Å². The Hall–Kier alpha value is -0.700. The maximum Gasteiger partial charge on any atom is 0.141 e. The maximum atomic E-state index is 12.3. The average Bonchev–Trinajstić information content (AvgIpc) is 2.79. The van der Waals surface area contributed by atoms with Crippen LogP contribution in [0, 0.1) is 23.2 Å². The van der Waals surface area contributed by atoms with Gasteiger partial charge in [0, 0.05) is 6.42 Å². The summed E-state index contributed by atoms with van der Waals surface area (Å²) in [5.41, 5.74) is -1.75. The SMILES string of the molecule is CC(=O)[C@H]1[C@H](C2CCCCC2)C[C@]2(C)C(=O)CC[C@]12O. The van der Waals surface area contributed by atoms with Crippen molar-refractivity contribution in [3.8, 4) is 0 Å². The second kappa shape index (κ2) is 4.66. The largest absolute Gasteiger partial charge is 0.388 e. The number of rotatable bonds is 2. The molecule has 3 aliphatic carbocycles. The topological polar surface area (TPSA) is 54.4 Å². The van der Waals surface area contributed by atoms with Crippen molar-refractivity contribution in [2.45, 2.75) is 70.8 Å². The number of hydrogen-bond donors (Lipinski definition) is 1. The van der Waals surface area contributed by atoms with E-state index in [-0.39, 0.29) is 23.4 Å². The summed E-state index contributed by atoms with van der Waals surface area (Å²) in [5.74, 6) is 0.678. The van der Waals surface area contributed by atoms with Gasteiger partial charge in [-0.3, -0.25) is 9.59 Å². The predicted octanol–water partition coefficient (Wildman–Crippen LogP) is 2.89. The highest BCUT2D eigenvalue weighted by Crippen LogP contribution is 2.62. The Morgan fingerprint density at radius 1 is 1.25 bits per heavy atom. The van der Waals surface area contributed by atoms with E-state index in [0.29, 0.717) is 18.8 Å². The number of carbonyl (C=O) groups excluding carboxylic acids is 2. The first-order valence-electron chi connectivity index (χ1n) is 8.16. The molecule has 0 spiro atoms. The molecule has 20 heavy (non-hydrogen) atoms. The molecule has 1 N–H and O–H groups in total. The lowest BCUT2D eigenvalue weighted by atomic mass is 9.71. The molecule has 0 aromatic rings. The minimum Gasteiger partial charge on any atom is -0.388 e. The summed E-state index contributed by atoms with van der Waals surface area (Å²) in [6.45, 7) is 3.51. The fraction of sp³-hybridized carbons (Fsp3) is 0.882. The first-order valence-corrected chi connectivity index (χ1v) is 8.16. The third-order valence-electron chi connectivity index (χ3n) is 6.58. The van der Waals surface area contributed by atoms with E-state index in [1.165, 1.54) is 19.3 Å². The van der Waals surface area contributed by atoms with Crippen LogP contribution in [-0.2, 0) is 9.59 Å². The summed E-state index contributed by atoms with van der Waals surface area (Å²) in [5, 5.41) is 11.2. The third-order valence-corrected chi connectivity index (χ3v) is 6.58. The van der Waals surface area contributed by atoms with Gasteiger partial charge in [0.05, 0.1) is 16.9 Å². The van der Waals surface area contributed by atoms with E-state index in [2.05, 4.69) is 0 Å². The Labute approximate surface area is 121 Å². The van der Waals surface area contributed by atoms with Gasteiger partial charge in [-0.2, -0.15) is 0 Å². The monoisotopic (exact) mass is 278 g/mol. The fourth-order valence-electron chi connectivity index (χ4n) is 5.47. The van der Waals surface area contributed by atoms with Crippen LogP contribution < -0.4 is 0 Å². The molecule has 3 aliphatic rings. The van der Waals surface area contributed by atoms with Crippen molar-refractivity contribution in [3.63, 3.8) is 0 Å². The molecule has 3 heteroatoms. The molecule has 0 amide bonds. The number of Topliss-reactive ketones (excluding diaryl/α,β-unsaturated/α-hetero) is 2. The van der Waals surface area contributed by atoms with Crippen molar-refractivity contribution in [2.24, 2.45) is 23.2 Å². The lowest BCUT2D eigenvalue weighted by Gasteiger charge is -2.36. The number of hydrogen-bond acceptors (Lipinski definition) is 3. The highest BCUT2D eigenvalue weighted by Gasteiger charge is 2.68. The van der Waals surface area contributed by atoms with E-state index >= 15 is 0 Å². The van der Waals surface area contributed by atoms with E-state index in [4.69, 9.17) is 0 Å². The summed E-state index contributed by atoms with van der Waals surface area (Å²) in [7, 11) is 0. The van der Waals surface area contributed by atoms with Gasteiger partial charge in [0.2, 0.25) is 0 Å². The smallest absolute Gasteiger partial charge is 0.141 e. The summed E-state index contributed by atoms with van der Waals surface area (Å²) in [4.78, 5) is 24.5. The summed E-state index contributed by atoms with van der Waals surface area (Å²) in [6.07, 6.45) is 7.71. The van der Waals surface area contributed by atoms with Gasteiger partial charge in [-0.15, -0.1) is 0 Å². The molecular weight excluding hydrogens is 252 g/mol. The predicted molar refractivity (Wildman–Crippen MR) is 76.2 cm³/mol. The van der Waals surface area contributed by atoms with Crippen molar-refractivity contribution in [1.82, 2.24) is 0 Å². The zero-order valence-electron chi connectivity index (χ0n) is 12.7. The van der Waals surface area contributed by atoms with Gasteiger partial charge in [0.1, 0.15) is 11.6 Å². The van der Waals surface area contributed by atoms with E-state index in [1.807, 2.05) is 6.92 Å². The van der Waals surface area contributed by atoms with Crippen LogP contribution in [-0.4, -0.2) is 22.3 Å². The first-order chi connectivity index (χ1) is 9.40. The van der Waals surface area contributed by atoms with Crippen LogP contribution in [0.3, 0.4) is 0 Å². The zero-order valence-corrected chi connectivity index (χ0v) is 12.7. The average molecular weight is 278 g/mol. The van der Waals surface area contributed by atoms with Gasteiger partial charge in [-0.1, -0.05) is 32.1 Å². The molecule has 112 valence electrons. The molecule has 0 radical (unpaired) electrons. The summed E-state index contributed by atoms with van der Waals surface area (Å²) in [6, 6.07) is 0. The lowest BCUT2D eigenvalue weighted by Crippen LogP contribution is -2.47. The second-order valence-electron chi connectivity index (χ2n) is 7.53. The molecule has 0 saturated heterocycles. The highest BCUT2D eigenvalue weighted by molar-refractivity contribution is 5.92. The molecule has 0 aromatic heterocycles. The lowest BCUT2D eigenvalue weighted by molar-refractivity contribution is -0.141. The molecule has 4 atom stereocenters. The summed E-state index contributed by atoms with van der Waals surface area (Å²) < 4.78 is 0. The Balaban J connectivity index is 1.96. The van der Waals surface area contributed by atoms with Gasteiger partial charge >= 0.3 is 0 Å². The van der Waals surface area contributed by atoms with Crippen LogP contribution in [0.25, 0.3) is 0 Å². The molecule has 0 heterocycles. The van der Waals surface area contributed by atoms with E-state index < -0.39 is 11.0 Å². The van der Waals surface area contributed by atoms with Crippen LogP contribution in [0.4, 0.5) is 0 Å². The molecule has 0 aromatic carbocycles. The van der Waals surface area contributed by atoms with Crippen LogP contribution in [0.1, 0.15) is 65.2 Å². The molecule has 0 unspecified atom stereocenters. The normalized spacial score (nSPS) is 45.6. The Bertz CT molecular complexity index is 438. The van der Waals surface area contributed by atoms with E-state index in [9.17, 15) is 14.7 Å². The molecule has 3 nitrogen and oxygen atoms in total. The number of fused-ring (bicyclic) bond motifs is 1. The molecular formula is C17H26O3. The minimum atomic E-state index is -1.07. The molecule has 3 rings (SSSR count). The zero-order chi connectivity index (χ0) is 14.5. The third kappa shape index (κ3) is 1.75. The standard InChI is InChI=1S/C17H26O3/c1-11(18)15-13(12-6-4-3-5-7-12)10-16(2)14(19)8-9-17(15,16)20/h12-13,15,20H,3-10H2,1-2H3/t13-,15-,16+,17-/m0/s1. The second-order valence-corrected chi connectivity index (χ2v) is 7.53. The first kappa shape index (κ1) is 14.2. The molecule has 3 saturated carbocycles. The minimum absolute atomic E-state index is 0.0847. The fourth-order valence-corrected chi connectivity index (χ4v) is 5.47. The van der Waals surface area contributed by atoms with E-state index in [1.54, 1.807) is 6.92 Å². The van der Waals surface area contributed by atoms with Crippen LogP contribution in [0.5, 0.6) is 0 Å². The van der Waals surface area contributed by atoms with Crippen LogP contribution >= 0.6 is 0 Å². The van der Waals surface area contributed by atoms with Crippen molar-refractivity contribution < 1.29 is 14.7 Å². The molecule has 0 bridgehead atoms. The van der Waals surface area contributed by atoms with Crippen molar-refractivity contribution in [3.05, 3.63) is 0 Å². The number of ketones is 2. The number of carbonyl (C=O) groups is 2. The van der Waals surface area contributed by atoms with Crippen molar-refractivity contribution in [1.29, 1.82) is 0 Å². The quantitative estimate of drug-likeness (QED) is 0.845. The Morgan fingerprint density at radius 2 is 1.90 bits per heavy atom.